The fourth-order valence-electron chi connectivity index (χ4n) is 1.99. The van der Waals surface area contributed by atoms with Crippen LogP contribution in [0.2, 0.25) is 0 Å². The predicted molar refractivity (Wildman–Crippen MR) is 84.3 cm³/mol. The number of carboxylic acid groups (broad SMARTS) is 1. The molecule has 0 amide bonds. The smallest absolute Gasteiger partial charge is 0.357 e. The highest BCUT2D eigenvalue weighted by molar-refractivity contribution is 9.10. The van der Waals surface area contributed by atoms with Crippen LogP contribution in [0.15, 0.2) is 38.9 Å². The lowest BCUT2D eigenvalue weighted by Gasteiger charge is -2.07. The van der Waals surface area contributed by atoms with E-state index in [0.717, 1.165) is 20.5 Å². The van der Waals surface area contributed by atoms with Crippen molar-refractivity contribution >= 4 is 49.0 Å². The molecule has 0 saturated heterocycles. The van der Waals surface area contributed by atoms with Gasteiger partial charge in [-0.1, -0.05) is 15.9 Å². The Labute approximate surface area is 130 Å². The number of hydrogen-bond donors (Lipinski definition) is 2. The summed E-state index contributed by atoms with van der Waals surface area (Å²) in [6, 6.07) is 6.81. The van der Waals surface area contributed by atoms with E-state index < -0.39 is 11.5 Å². The molecule has 0 saturated carbocycles. The molecule has 0 aliphatic carbocycles. The molecule has 0 radical (unpaired) electrons. The van der Waals surface area contributed by atoms with E-state index in [0.29, 0.717) is 5.69 Å². The number of carboxylic acids is 1. The lowest BCUT2D eigenvalue weighted by Crippen LogP contribution is -2.24. The summed E-state index contributed by atoms with van der Waals surface area (Å²) in [5, 5.41) is 15.5. The van der Waals surface area contributed by atoms with Crippen LogP contribution in [0.3, 0.4) is 0 Å². The molecule has 0 bridgehead atoms. The van der Waals surface area contributed by atoms with Gasteiger partial charge in [0.2, 0.25) is 0 Å². The van der Waals surface area contributed by atoms with Gasteiger partial charge < -0.3 is 10.8 Å². The van der Waals surface area contributed by atoms with Crippen LogP contribution in [0.1, 0.15) is 10.5 Å². The number of carbonyl (C=O) groups is 1. The van der Waals surface area contributed by atoms with Crippen molar-refractivity contribution in [2.75, 3.05) is 5.73 Å². The Morgan fingerprint density at radius 1 is 1.33 bits per heavy atom. The number of rotatable bonds is 2. The topological polar surface area (TPSA) is 98.2 Å². The highest BCUT2D eigenvalue weighted by Crippen LogP contribution is 2.27. The number of fused-ring (bicyclic) bond motifs is 1. The normalized spacial score (nSPS) is 10.9. The minimum Gasteiger partial charge on any atom is -0.476 e. The van der Waals surface area contributed by atoms with Gasteiger partial charge in [-0.25, -0.2) is 4.79 Å². The third kappa shape index (κ3) is 2.22. The van der Waals surface area contributed by atoms with Crippen LogP contribution >= 0.6 is 27.3 Å². The van der Waals surface area contributed by atoms with Gasteiger partial charge in [0.25, 0.3) is 5.56 Å². The van der Waals surface area contributed by atoms with Gasteiger partial charge >= 0.3 is 5.97 Å². The van der Waals surface area contributed by atoms with E-state index in [-0.39, 0.29) is 21.5 Å². The lowest BCUT2D eigenvalue weighted by atomic mass is 10.2. The molecular formula is C13H8BrN3O3S. The van der Waals surface area contributed by atoms with Crippen molar-refractivity contribution in [2.24, 2.45) is 0 Å². The minimum atomic E-state index is -1.20. The molecule has 0 atom stereocenters. The standard InChI is InChI=1S/C13H8BrN3O3S/c14-6-1-3-7(4-2-6)17-12(18)9-8(5-21-11(9)15)10(16-17)13(19)20/h1-5H,15H2,(H,19,20). The monoisotopic (exact) mass is 365 g/mol. The number of halogens is 1. The number of benzene rings is 1. The summed E-state index contributed by atoms with van der Waals surface area (Å²) in [7, 11) is 0. The summed E-state index contributed by atoms with van der Waals surface area (Å²) in [6.07, 6.45) is 0. The number of aromatic nitrogens is 2. The molecule has 0 aliphatic heterocycles. The van der Waals surface area contributed by atoms with Gasteiger partial charge in [-0.05, 0) is 24.3 Å². The van der Waals surface area contributed by atoms with Crippen LogP contribution in [0.5, 0.6) is 0 Å². The van der Waals surface area contributed by atoms with Gasteiger partial charge in [-0.2, -0.15) is 9.78 Å². The van der Waals surface area contributed by atoms with Crippen molar-refractivity contribution in [1.82, 2.24) is 9.78 Å². The molecule has 3 N–H and O–H groups in total. The molecule has 21 heavy (non-hydrogen) atoms. The zero-order chi connectivity index (χ0) is 15.1. The molecule has 1 aromatic carbocycles. The molecule has 106 valence electrons. The van der Waals surface area contributed by atoms with Crippen LogP contribution in [-0.2, 0) is 0 Å². The van der Waals surface area contributed by atoms with E-state index in [4.69, 9.17) is 5.73 Å². The summed E-state index contributed by atoms with van der Waals surface area (Å²) in [4.78, 5) is 23.8. The van der Waals surface area contributed by atoms with Gasteiger partial charge in [-0.3, -0.25) is 4.79 Å². The maximum absolute atomic E-state index is 12.5. The van der Waals surface area contributed by atoms with Crippen LogP contribution in [-0.4, -0.2) is 20.9 Å². The first kappa shape index (κ1) is 13.8. The summed E-state index contributed by atoms with van der Waals surface area (Å²) >= 11 is 4.42. The van der Waals surface area contributed by atoms with E-state index in [9.17, 15) is 14.7 Å². The molecule has 0 aliphatic rings. The Balaban J connectivity index is 2.40. The average molecular weight is 366 g/mol. The van der Waals surface area contributed by atoms with Crippen molar-refractivity contribution in [3.8, 4) is 5.69 Å². The van der Waals surface area contributed by atoms with Gasteiger partial charge in [0, 0.05) is 15.2 Å². The van der Waals surface area contributed by atoms with E-state index >= 15 is 0 Å². The van der Waals surface area contributed by atoms with E-state index in [1.165, 1.54) is 5.38 Å². The molecule has 2 aromatic heterocycles. The second kappa shape index (κ2) is 4.97. The number of nitrogens with zero attached hydrogens (tertiary/aromatic N) is 2. The van der Waals surface area contributed by atoms with E-state index in [1.54, 1.807) is 24.3 Å². The number of nitrogens with two attached hydrogens (primary N) is 1. The molecular weight excluding hydrogens is 358 g/mol. The summed E-state index contributed by atoms with van der Waals surface area (Å²) < 4.78 is 1.90. The second-order valence-corrected chi connectivity index (χ2v) is 6.06. The summed E-state index contributed by atoms with van der Waals surface area (Å²) in [5.41, 5.74) is 5.64. The fourth-order valence-corrected chi connectivity index (χ4v) is 3.04. The van der Waals surface area contributed by atoms with Gasteiger partial charge in [0.05, 0.1) is 16.1 Å². The predicted octanol–water partition coefficient (Wildman–Crippen LogP) is 2.49. The zero-order valence-electron chi connectivity index (χ0n) is 10.4. The number of thiophene rings is 1. The Bertz CT molecular complexity index is 915. The first-order valence-electron chi connectivity index (χ1n) is 5.78. The van der Waals surface area contributed by atoms with Crippen molar-refractivity contribution in [1.29, 1.82) is 0 Å². The van der Waals surface area contributed by atoms with E-state index in [1.807, 2.05) is 0 Å². The van der Waals surface area contributed by atoms with E-state index in [2.05, 4.69) is 21.0 Å². The Morgan fingerprint density at radius 3 is 2.62 bits per heavy atom. The number of anilines is 1. The second-order valence-electron chi connectivity index (χ2n) is 4.24. The SMILES string of the molecule is Nc1scc2c(C(=O)O)nn(-c3ccc(Br)cc3)c(=O)c12. The molecule has 8 heteroatoms. The maximum atomic E-state index is 12.5. The van der Waals surface area contributed by atoms with Crippen molar-refractivity contribution in [3.63, 3.8) is 0 Å². The molecule has 0 spiro atoms. The Kier molecular flexibility index (Phi) is 3.26. The molecule has 3 rings (SSSR count). The Morgan fingerprint density at radius 2 is 2.00 bits per heavy atom. The first-order chi connectivity index (χ1) is 9.99. The average Bonchev–Trinajstić information content (AvgIpc) is 2.83. The minimum absolute atomic E-state index is 0.190. The largest absolute Gasteiger partial charge is 0.476 e. The van der Waals surface area contributed by atoms with Gasteiger partial charge in [0.1, 0.15) is 0 Å². The molecule has 6 nitrogen and oxygen atoms in total. The highest BCUT2D eigenvalue weighted by atomic mass is 79.9. The number of nitrogen functional groups attached to an aromatic ring is 1. The van der Waals surface area contributed by atoms with Crippen molar-refractivity contribution in [3.05, 3.63) is 50.2 Å². The van der Waals surface area contributed by atoms with Crippen LogP contribution in [0.4, 0.5) is 5.00 Å². The van der Waals surface area contributed by atoms with Gasteiger partial charge in [0.15, 0.2) is 5.69 Å². The first-order valence-corrected chi connectivity index (χ1v) is 7.45. The zero-order valence-corrected chi connectivity index (χ0v) is 12.8. The van der Waals surface area contributed by atoms with Gasteiger partial charge in [-0.15, -0.1) is 11.3 Å². The highest BCUT2D eigenvalue weighted by Gasteiger charge is 2.19. The molecule has 2 heterocycles. The van der Waals surface area contributed by atoms with Crippen LogP contribution < -0.4 is 11.3 Å². The number of hydrogen-bond acceptors (Lipinski definition) is 5. The molecule has 3 aromatic rings. The number of aromatic carboxylic acids is 1. The lowest BCUT2D eigenvalue weighted by molar-refractivity contribution is 0.0691. The third-order valence-electron chi connectivity index (χ3n) is 2.95. The quantitative estimate of drug-likeness (QED) is 0.726. The molecule has 0 unspecified atom stereocenters. The van der Waals surface area contributed by atoms with Crippen LogP contribution in [0, 0.1) is 0 Å². The van der Waals surface area contributed by atoms with Crippen LogP contribution in [0.25, 0.3) is 16.5 Å². The van der Waals surface area contributed by atoms with Crippen molar-refractivity contribution in [2.45, 2.75) is 0 Å². The summed E-state index contributed by atoms with van der Waals surface area (Å²) in [5.74, 6) is -1.20. The fraction of sp³-hybridized carbons (Fsp3) is 0. The Hall–Kier alpha value is -2.19. The van der Waals surface area contributed by atoms with Crippen molar-refractivity contribution < 1.29 is 9.90 Å². The third-order valence-corrected chi connectivity index (χ3v) is 4.29. The maximum Gasteiger partial charge on any atom is 0.357 e. The summed E-state index contributed by atoms with van der Waals surface area (Å²) in [6.45, 7) is 0. The molecule has 0 fully saturated rings.